The van der Waals surface area contributed by atoms with Crippen molar-refractivity contribution in [2.75, 3.05) is 20.7 Å². The minimum absolute atomic E-state index is 0.270. The number of amides is 1. The number of carbonyl (C=O) groups excluding carboxylic acids is 2. The zero-order valence-electron chi connectivity index (χ0n) is 8.93. The standard InChI is InChI=1S/C9H13N3O3/c1-4-15-8(13)7-5-10-12(6-7)9(14)11(2)3/h5-6H,4H2,1-3H3. The van der Waals surface area contributed by atoms with E-state index in [1.165, 1.54) is 17.3 Å². The van der Waals surface area contributed by atoms with Gasteiger partial charge in [0.05, 0.1) is 24.6 Å². The number of carbonyl (C=O) groups is 2. The SMILES string of the molecule is CCOC(=O)c1cnn(C(=O)N(C)C)c1. The molecule has 0 saturated carbocycles. The normalized spacial score (nSPS) is 9.80. The lowest BCUT2D eigenvalue weighted by Gasteiger charge is -2.08. The van der Waals surface area contributed by atoms with Crippen LogP contribution in [0.15, 0.2) is 12.4 Å². The van der Waals surface area contributed by atoms with Crippen molar-refractivity contribution in [3.8, 4) is 0 Å². The third-order valence-corrected chi connectivity index (χ3v) is 1.67. The number of ether oxygens (including phenoxy) is 1. The van der Waals surface area contributed by atoms with Crippen LogP contribution in [0.5, 0.6) is 0 Å². The van der Waals surface area contributed by atoms with Crippen LogP contribution in [0.4, 0.5) is 4.79 Å². The number of nitrogens with zero attached hydrogens (tertiary/aromatic N) is 3. The molecule has 0 aliphatic carbocycles. The highest BCUT2D eigenvalue weighted by Gasteiger charge is 2.13. The molecule has 0 unspecified atom stereocenters. The summed E-state index contributed by atoms with van der Waals surface area (Å²) in [5.41, 5.74) is 0.270. The van der Waals surface area contributed by atoms with Crippen LogP contribution in [0.25, 0.3) is 0 Å². The summed E-state index contributed by atoms with van der Waals surface area (Å²) in [6.07, 6.45) is 2.65. The van der Waals surface area contributed by atoms with Crippen LogP contribution in [0.1, 0.15) is 17.3 Å². The lowest BCUT2D eigenvalue weighted by molar-refractivity contribution is 0.0526. The van der Waals surface area contributed by atoms with E-state index in [0.717, 1.165) is 4.68 Å². The van der Waals surface area contributed by atoms with Crippen molar-refractivity contribution in [2.45, 2.75) is 6.92 Å². The van der Waals surface area contributed by atoms with Gasteiger partial charge in [0.2, 0.25) is 0 Å². The topological polar surface area (TPSA) is 64.4 Å². The maximum atomic E-state index is 11.4. The summed E-state index contributed by atoms with van der Waals surface area (Å²) in [5.74, 6) is -0.477. The molecule has 1 rings (SSSR count). The maximum absolute atomic E-state index is 11.4. The van der Waals surface area contributed by atoms with Crippen molar-refractivity contribution in [3.05, 3.63) is 18.0 Å². The summed E-state index contributed by atoms with van der Waals surface area (Å²) in [5, 5.41) is 3.77. The molecule has 0 atom stereocenters. The van der Waals surface area contributed by atoms with Gasteiger partial charge in [-0.25, -0.2) is 9.59 Å². The lowest BCUT2D eigenvalue weighted by atomic mass is 10.4. The number of esters is 1. The fourth-order valence-corrected chi connectivity index (χ4v) is 0.952. The van der Waals surface area contributed by atoms with E-state index in [9.17, 15) is 9.59 Å². The van der Waals surface area contributed by atoms with Crippen LogP contribution >= 0.6 is 0 Å². The Kier molecular flexibility index (Phi) is 3.43. The lowest BCUT2D eigenvalue weighted by Crippen LogP contribution is -2.27. The monoisotopic (exact) mass is 211 g/mol. The zero-order chi connectivity index (χ0) is 11.4. The molecular weight excluding hydrogens is 198 g/mol. The van der Waals surface area contributed by atoms with E-state index in [1.54, 1.807) is 21.0 Å². The minimum atomic E-state index is -0.477. The number of rotatable bonds is 2. The molecule has 0 spiro atoms. The summed E-state index contributed by atoms with van der Waals surface area (Å²) < 4.78 is 5.85. The van der Waals surface area contributed by atoms with Gasteiger partial charge in [0, 0.05) is 14.1 Å². The third-order valence-electron chi connectivity index (χ3n) is 1.67. The average molecular weight is 211 g/mol. The predicted octanol–water partition coefficient (Wildman–Crippen LogP) is 0.589. The maximum Gasteiger partial charge on any atom is 0.344 e. The van der Waals surface area contributed by atoms with Gasteiger partial charge in [-0.1, -0.05) is 0 Å². The van der Waals surface area contributed by atoms with Crippen LogP contribution in [0.3, 0.4) is 0 Å². The van der Waals surface area contributed by atoms with Gasteiger partial charge in [0.15, 0.2) is 0 Å². The molecule has 82 valence electrons. The molecule has 1 heterocycles. The van der Waals surface area contributed by atoms with Crippen molar-refractivity contribution in [1.29, 1.82) is 0 Å². The van der Waals surface area contributed by atoms with Crippen LogP contribution in [0, 0.1) is 0 Å². The molecule has 1 aromatic heterocycles. The summed E-state index contributed by atoms with van der Waals surface area (Å²) in [4.78, 5) is 24.0. The molecule has 0 saturated heterocycles. The van der Waals surface area contributed by atoms with Gasteiger partial charge >= 0.3 is 12.0 Å². The van der Waals surface area contributed by atoms with E-state index in [2.05, 4.69) is 5.10 Å². The van der Waals surface area contributed by atoms with Crippen molar-refractivity contribution < 1.29 is 14.3 Å². The Bertz CT molecular complexity index is 370. The van der Waals surface area contributed by atoms with Gasteiger partial charge in [0.1, 0.15) is 0 Å². The van der Waals surface area contributed by atoms with Gasteiger partial charge in [-0.3, -0.25) is 0 Å². The molecule has 0 aliphatic heterocycles. The van der Waals surface area contributed by atoms with Crippen molar-refractivity contribution in [3.63, 3.8) is 0 Å². The Morgan fingerprint density at radius 2 is 2.20 bits per heavy atom. The summed E-state index contributed by atoms with van der Waals surface area (Å²) in [6, 6.07) is -0.314. The second-order valence-electron chi connectivity index (χ2n) is 3.07. The molecule has 0 aromatic carbocycles. The van der Waals surface area contributed by atoms with Crippen LogP contribution in [-0.2, 0) is 4.74 Å². The fraction of sp³-hybridized carbons (Fsp3) is 0.444. The third kappa shape index (κ3) is 2.55. The molecule has 0 fully saturated rings. The van der Waals surface area contributed by atoms with E-state index in [1.807, 2.05) is 0 Å². The Morgan fingerprint density at radius 1 is 1.53 bits per heavy atom. The minimum Gasteiger partial charge on any atom is -0.462 e. The van der Waals surface area contributed by atoms with E-state index in [4.69, 9.17) is 4.74 Å². The Labute approximate surface area is 87.4 Å². The Morgan fingerprint density at radius 3 is 2.73 bits per heavy atom. The Balaban J connectivity index is 2.80. The quantitative estimate of drug-likeness (QED) is 0.671. The van der Waals surface area contributed by atoms with Crippen LogP contribution < -0.4 is 0 Å². The molecule has 6 heteroatoms. The first-order chi connectivity index (χ1) is 7.06. The van der Waals surface area contributed by atoms with Crippen LogP contribution in [-0.4, -0.2) is 47.4 Å². The number of aromatic nitrogens is 2. The fourth-order valence-electron chi connectivity index (χ4n) is 0.952. The number of hydrogen-bond acceptors (Lipinski definition) is 4. The van der Waals surface area contributed by atoms with Gasteiger partial charge in [-0.05, 0) is 6.92 Å². The zero-order valence-corrected chi connectivity index (χ0v) is 8.93. The molecule has 0 bridgehead atoms. The molecule has 1 amide bonds. The van der Waals surface area contributed by atoms with Crippen molar-refractivity contribution >= 4 is 12.0 Å². The first kappa shape index (κ1) is 11.2. The average Bonchev–Trinajstić information content (AvgIpc) is 2.65. The summed E-state index contributed by atoms with van der Waals surface area (Å²) in [6.45, 7) is 2.01. The number of hydrogen-bond donors (Lipinski definition) is 0. The second-order valence-corrected chi connectivity index (χ2v) is 3.07. The van der Waals surface area contributed by atoms with E-state index in [-0.39, 0.29) is 11.6 Å². The molecule has 15 heavy (non-hydrogen) atoms. The molecule has 0 N–H and O–H groups in total. The van der Waals surface area contributed by atoms with E-state index in [0.29, 0.717) is 6.61 Å². The highest BCUT2D eigenvalue weighted by atomic mass is 16.5. The molecule has 6 nitrogen and oxygen atoms in total. The first-order valence-corrected chi connectivity index (χ1v) is 4.49. The van der Waals surface area contributed by atoms with Crippen LogP contribution in [0.2, 0.25) is 0 Å². The van der Waals surface area contributed by atoms with Gasteiger partial charge in [0.25, 0.3) is 0 Å². The second kappa shape index (κ2) is 4.59. The smallest absolute Gasteiger partial charge is 0.344 e. The first-order valence-electron chi connectivity index (χ1n) is 4.49. The highest BCUT2D eigenvalue weighted by Crippen LogP contribution is 2.01. The van der Waals surface area contributed by atoms with Gasteiger partial charge in [-0.15, -0.1) is 0 Å². The van der Waals surface area contributed by atoms with Gasteiger partial charge in [-0.2, -0.15) is 9.78 Å². The van der Waals surface area contributed by atoms with Crippen molar-refractivity contribution in [1.82, 2.24) is 14.7 Å². The van der Waals surface area contributed by atoms with E-state index >= 15 is 0 Å². The van der Waals surface area contributed by atoms with Gasteiger partial charge < -0.3 is 9.64 Å². The summed E-state index contributed by atoms with van der Waals surface area (Å²) >= 11 is 0. The molecule has 0 radical (unpaired) electrons. The van der Waals surface area contributed by atoms with Crippen molar-refractivity contribution in [2.24, 2.45) is 0 Å². The highest BCUT2D eigenvalue weighted by molar-refractivity contribution is 5.89. The predicted molar refractivity (Wildman–Crippen MR) is 52.7 cm³/mol. The molecule has 0 aliphatic rings. The van der Waals surface area contributed by atoms with E-state index < -0.39 is 5.97 Å². The Hall–Kier alpha value is -1.85. The molecular formula is C9H13N3O3. The summed E-state index contributed by atoms with van der Waals surface area (Å²) in [7, 11) is 3.21. The largest absolute Gasteiger partial charge is 0.462 e. The molecule has 1 aromatic rings.